The Bertz CT molecular complexity index is 4610. The monoisotopic (exact) mass is 1040 g/mol. The highest BCUT2D eigenvalue weighted by molar-refractivity contribution is 6.10. The van der Waals surface area contributed by atoms with Gasteiger partial charge in [0.05, 0.1) is 44.8 Å². The van der Waals surface area contributed by atoms with E-state index in [9.17, 15) is 0 Å². The van der Waals surface area contributed by atoms with Crippen LogP contribution < -0.4 is 0 Å². The van der Waals surface area contributed by atoms with Crippen molar-refractivity contribution in [2.45, 2.75) is 11.8 Å². The van der Waals surface area contributed by atoms with Crippen LogP contribution in [0.25, 0.3) is 123 Å². The van der Waals surface area contributed by atoms with E-state index in [0.29, 0.717) is 11.6 Å². The van der Waals surface area contributed by atoms with Crippen molar-refractivity contribution in [1.29, 1.82) is 0 Å². The fourth-order valence-corrected chi connectivity index (χ4v) is 13.4. The molecule has 0 aliphatic heterocycles. The number of nitrogens with zero attached hydrogens (tertiary/aromatic N) is 6. The Morgan fingerprint density at radius 1 is 0.220 bits per heavy atom. The van der Waals surface area contributed by atoms with Crippen LogP contribution in [0.1, 0.15) is 45.2 Å². The summed E-state index contributed by atoms with van der Waals surface area (Å²) in [5, 5.41) is 4.98. The lowest BCUT2D eigenvalue weighted by molar-refractivity contribution is 0.755. The van der Waals surface area contributed by atoms with Crippen molar-refractivity contribution in [1.82, 2.24) is 29.1 Å². The van der Waals surface area contributed by atoms with Crippen LogP contribution in [0.15, 0.2) is 279 Å². The van der Waals surface area contributed by atoms with E-state index in [1.807, 2.05) is 12.1 Å². The van der Waals surface area contributed by atoms with Crippen molar-refractivity contribution in [2.75, 3.05) is 0 Å². The molecule has 382 valence electrons. The topological polar surface area (TPSA) is 61.4 Å². The smallest absolute Gasteiger partial charge is 0.160 e. The molecule has 2 unspecified atom stereocenters. The van der Waals surface area contributed by atoms with Crippen LogP contribution in [0.5, 0.6) is 0 Å². The van der Waals surface area contributed by atoms with Gasteiger partial charge in [-0.15, -0.1) is 0 Å². The van der Waals surface area contributed by atoms with E-state index in [1.54, 1.807) is 0 Å². The van der Waals surface area contributed by atoms with Crippen LogP contribution in [0.2, 0.25) is 0 Å². The number of hydrogen-bond acceptors (Lipinski definition) is 4. The van der Waals surface area contributed by atoms with Gasteiger partial charge in [-0.05, 0) is 106 Å². The number of benzene rings is 11. The number of rotatable bonds is 8. The summed E-state index contributed by atoms with van der Waals surface area (Å²) in [6.45, 7) is 0. The average molecular weight is 1050 g/mol. The second-order valence-corrected chi connectivity index (χ2v) is 21.7. The third-order valence-corrected chi connectivity index (χ3v) is 17.1. The largest absolute Gasteiger partial charge is 0.309 e. The second-order valence-electron chi connectivity index (χ2n) is 21.7. The molecular formula is C76H48N6. The molecule has 0 saturated heterocycles. The molecule has 6 heteroatoms. The van der Waals surface area contributed by atoms with Crippen molar-refractivity contribution in [3.63, 3.8) is 0 Å². The molecule has 6 nitrogen and oxygen atoms in total. The molecule has 3 aliphatic carbocycles. The predicted molar refractivity (Wildman–Crippen MR) is 334 cm³/mol. The SMILES string of the molecule is c1ccc(-c2nc(-c3ccc(-n4c5ccccc5c5ccccc54)cc3)cc(-c3ccc4c(c3)C3c5ccccc5C4c4cc(-c5cc(-c6ccc(-n7c8ccccc8c8ccccc87)cc6)nc(-c6ccccc6)n5)ccc43)n2)cc1. The molecule has 82 heavy (non-hydrogen) atoms. The van der Waals surface area contributed by atoms with Gasteiger partial charge in [-0.1, -0.05) is 206 Å². The lowest BCUT2D eigenvalue weighted by Gasteiger charge is -2.42. The molecule has 4 heterocycles. The highest BCUT2D eigenvalue weighted by atomic mass is 15.0. The Balaban J connectivity index is 0.750. The maximum absolute atomic E-state index is 5.34. The molecule has 0 fully saturated rings. The summed E-state index contributed by atoms with van der Waals surface area (Å²) in [7, 11) is 0. The van der Waals surface area contributed by atoms with E-state index in [-0.39, 0.29) is 11.8 Å². The van der Waals surface area contributed by atoms with Gasteiger partial charge in [-0.2, -0.15) is 0 Å². The third-order valence-electron chi connectivity index (χ3n) is 17.1. The molecule has 2 atom stereocenters. The van der Waals surface area contributed by atoms with E-state index in [4.69, 9.17) is 19.9 Å². The fraction of sp³-hybridized carbons (Fsp3) is 0.0263. The van der Waals surface area contributed by atoms with Crippen molar-refractivity contribution in [3.05, 3.63) is 312 Å². The molecule has 18 rings (SSSR count). The summed E-state index contributed by atoms with van der Waals surface area (Å²) >= 11 is 0. The van der Waals surface area contributed by atoms with Gasteiger partial charge in [-0.3, -0.25) is 0 Å². The van der Waals surface area contributed by atoms with Crippen LogP contribution in [0, 0.1) is 0 Å². The number of fused-ring (bicyclic) bond motifs is 6. The molecule has 4 aromatic heterocycles. The molecule has 2 bridgehead atoms. The van der Waals surface area contributed by atoms with Gasteiger partial charge in [0.2, 0.25) is 0 Å². The third kappa shape index (κ3) is 7.28. The summed E-state index contributed by atoms with van der Waals surface area (Å²) < 4.78 is 4.71. The molecule has 0 spiro atoms. The van der Waals surface area contributed by atoms with E-state index in [2.05, 4.69) is 276 Å². The van der Waals surface area contributed by atoms with Crippen LogP contribution in [-0.2, 0) is 0 Å². The normalized spacial score (nSPS) is 14.1. The van der Waals surface area contributed by atoms with Crippen molar-refractivity contribution < 1.29 is 0 Å². The molecule has 15 aromatic rings. The summed E-state index contributed by atoms with van der Waals surface area (Å²) in [5.74, 6) is 1.47. The number of para-hydroxylation sites is 4. The minimum absolute atomic E-state index is 0.0392. The first-order chi connectivity index (χ1) is 40.6. The van der Waals surface area contributed by atoms with E-state index < -0.39 is 0 Å². The van der Waals surface area contributed by atoms with Gasteiger partial charge in [0.1, 0.15) is 0 Å². The van der Waals surface area contributed by atoms with Crippen LogP contribution >= 0.6 is 0 Å². The number of hydrogen-bond donors (Lipinski definition) is 0. The Morgan fingerprint density at radius 2 is 0.512 bits per heavy atom. The first kappa shape index (κ1) is 46.1. The lowest BCUT2D eigenvalue weighted by Crippen LogP contribution is -2.27. The molecular weight excluding hydrogens is 997 g/mol. The minimum atomic E-state index is 0.0392. The first-order valence-corrected chi connectivity index (χ1v) is 28.1. The fourth-order valence-electron chi connectivity index (χ4n) is 13.4. The summed E-state index contributed by atoms with van der Waals surface area (Å²) in [6, 6.07) is 100. The summed E-state index contributed by atoms with van der Waals surface area (Å²) in [4.78, 5) is 21.2. The summed E-state index contributed by atoms with van der Waals surface area (Å²) in [6.07, 6.45) is 0. The minimum Gasteiger partial charge on any atom is -0.309 e. The van der Waals surface area contributed by atoms with E-state index in [0.717, 1.165) is 67.5 Å². The average Bonchev–Trinajstić information content (AvgIpc) is 2.30. The van der Waals surface area contributed by atoms with Crippen molar-refractivity contribution in [3.8, 4) is 79.2 Å². The highest BCUT2D eigenvalue weighted by Crippen LogP contribution is 2.57. The zero-order chi connectivity index (χ0) is 53.8. The Kier molecular flexibility index (Phi) is 10.3. The zero-order valence-corrected chi connectivity index (χ0v) is 44.4. The van der Waals surface area contributed by atoms with Gasteiger partial charge < -0.3 is 9.13 Å². The van der Waals surface area contributed by atoms with Gasteiger partial charge in [0.25, 0.3) is 0 Å². The molecule has 11 aromatic carbocycles. The Hall–Kier alpha value is -10.8. The van der Waals surface area contributed by atoms with Gasteiger partial charge in [0, 0.05) is 78.1 Å². The molecule has 3 aliphatic rings. The predicted octanol–water partition coefficient (Wildman–Crippen LogP) is 18.4. The highest BCUT2D eigenvalue weighted by Gasteiger charge is 2.41. The van der Waals surface area contributed by atoms with Crippen molar-refractivity contribution in [2.24, 2.45) is 0 Å². The zero-order valence-electron chi connectivity index (χ0n) is 44.4. The second kappa shape index (κ2) is 18.4. The Labute approximate surface area is 473 Å². The molecule has 0 radical (unpaired) electrons. The van der Waals surface area contributed by atoms with E-state index >= 15 is 0 Å². The van der Waals surface area contributed by atoms with Gasteiger partial charge in [-0.25, -0.2) is 19.9 Å². The molecule has 0 amide bonds. The van der Waals surface area contributed by atoms with Gasteiger partial charge in [0.15, 0.2) is 11.6 Å². The quantitative estimate of drug-likeness (QED) is 0.152. The van der Waals surface area contributed by atoms with Crippen LogP contribution in [-0.4, -0.2) is 29.1 Å². The standard InChI is InChI=1S/C76H48N6/c1-3-17-49(18-4-1)75-77-65(47-31-37-53(38-32-47)81-69-27-13-9-21-55(69)56-22-10-14-28-70(56)81)45-67(79-75)51-35-41-61-63(43-51)73-59-25-7-8-26-60(59)74(61)64-44-52(36-42-62(64)73)68-46-66(78-76(80-68)50-19-5-2-6-20-50)48-33-39-54(40-34-48)82-71-29-15-11-23-57(71)58-24-12-16-30-72(58)82/h1-46,73-74H. The van der Waals surface area contributed by atoms with E-state index in [1.165, 1.54) is 77.0 Å². The summed E-state index contributed by atoms with van der Waals surface area (Å²) in [5.41, 5.74) is 24.6. The maximum Gasteiger partial charge on any atom is 0.160 e. The van der Waals surface area contributed by atoms with Crippen molar-refractivity contribution >= 4 is 43.6 Å². The number of aromatic nitrogens is 6. The maximum atomic E-state index is 5.34. The van der Waals surface area contributed by atoms with Crippen LogP contribution in [0.3, 0.4) is 0 Å². The molecule has 0 N–H and O–H groups in total. The molecule has 0 saturated carbocycles. The van der Waals surface area contributed by atoms with Crippen LogP contribution in [0.4, 0.5) is 0 Å². The first-order valence-electron chi connectivity index (χ1n) is 28.1. The lowest BCUT2D eigenvalue weighted by atomic mass is 9.60. The van der Waals surface area contributed by atoms with Gasteiger partial charge >= 0.3 is 0 Å². The Morgan fingerprint density at radius 3 is 0.878 bits per heavy atom.